The van der Waals surface area contributed by atoms with Crippen LogP contribution < -0.4 is 0 Å². The van der Waals surface area contributed by atoms with Crippen LogP contribution in [-0.4, -0.2) is 10.4 Å². The molecule has 2 nitrogen and oxygen atoms in total. The molecular formula is C17H14FNO. The summed E-state index contributed by atoms with van der Waals surface area (Å²) in [6.07, 6.45) is 1.83. The molecule has 1 heterocycles. The van der Waals surface area contributed by atoms with Gasteiger partial charge >= 0.3 is 0 Å². The second-order valence-electron chi connectivity index (χ2n) is 5.01. The van der Waals surface area contributed by atoms with E-state index < -0.39 is 0 Å². The number of carbonyl (C=O) groups is 1. The lowest BCUT2D eigenvalue weighted by molar-refractivity contribution is 0.104. The first-order chi connectivity index (χ1) is 9.56. The van der Waals surface area contributed by atoms with E-state index in [1.807, 2.05) is 36.9 Å². The van der Waals surface area contributed by atoms with Crippen LogP contribution in [0.25, 0.3) is 10.9 Å². The van der Waals surface area contributed by atoms with Gasteiger partial charge in [0.25, 0.3) is 0 Å². The van der Waals surface area contributed by atoms with Crippen molar-refractivity contribution in [2.75, 3.05) is 0 Å². The number of aromatic nitrogens is 1. The predicted octanol–water partition coefficient (Wildman–Crippen LogP) is 3.86. The second-order valence-corrected chi connectivity index (χ2v) is 5.01. The standard InChI is InChI=1S/C17H14FNO/c1-11-3-8-14-15(10-19(2)16(14)9-11)17(20)12-4-6-13(18)7-5-12/h3-10H,1-2H3. The number of nitrogens with zero attached hydrogens (tertiary/aromatic N) is 1. The average molecular weight is 267 g/mol. The highest BCUT2D eigenvalue weighted by Crippen LogP contribution is 2.24. The summed E-state index contributed by atoms with van der Waals surface area (Å²) in [5.74, 6) is -0.422. The fourth-order valence-electron chi connectivity index (χ4n) is 2.43. The lowest BCUT2D eigenvalue weighted by Crippen LogP contribution is -2.00. The number of rotatable bonds is 2. The van der Waals surface area contributed by atoms with Gasteiger partial charge in [0.1, 0.15) is 5.82 Å². The van der Waals surface area contributed by atoms with Crippen LogP contribution >= 0.6 is 0 Å². The Labute approximate surface area is 116 Å². The fourth-order valence-corrected chi connectivity index (χ4v) is 2.43. The molecule has 0 saturated heterocycles. The van der Waals surface area contributed by atoms with Crippen LogP contribution in [0.1, 0.15) is 21.5 Å². The highest BCUT2D eigenvalue weighted by atomic mass is 19.1. The topological polar surface area (TPSA) is 22.0 Å². The van der Waals surface area contributed by atoms with Crippen molar-refractivity contribution in [3.05, 3.63) is 71.2 Å². The maximum Gasteiger partial charge on any atom is 0.195 e. The Morgan fingerprint density at radius 1 is 1.10 bits per heavy atom. The molecule has 3 heteroatoms. The van der Waals surface area contributed by atoms with Gasteiger partial charge in [-0.25, -0.2) is 4.39 Å². The maximum absolute atomic E-state index is 12.9. The molecule has 3 rings (SSSR count). The maximum atomic E-state index is 12.9. The molecule has 0 saturated carbocycles. The highest BCUT2D eigenvalue weighted by Gasteiger charge is 2.15. The number of hydrogen-bond donors (Lipinski definition) is 0. The minimum atomic E-state index is -0.338. The van der Waals surface area contributed by atoms with Gasteiger partial charge in [0.05, 0.1) is 0 Å². The molecule has 2 aromatic carbocycles. The summed E-state index contributed by atoms with van der Waals surface area (Å²) >= 11 is 0. The van der Waals surface area contributed by atoms with Crippen molar-refractivity contribution in [2.45, 2.75) is 6.92 Å². The van der Waals surface area contributed by atoms with Crippen molar-refractivity contribution in [3.8, 4) is 0 Å². The van der Waals surface area contributed by atoms with Gasteiger partial charge in [0, 0.05) is 35.3 Å². The van der Waals surface area contributed by atoms with Crippen molar-refractivity contribution in [2.24, 2.45) is 7.05 Å². The Morgan fingerprint density at radius 3 is 2.50 bits per heavy atom. The van der Waals surface area contributed by atoms with Gasteiger partial charge in [-0.3, -0.25) is 4.79 Å². The van der Waals surface area contributed by atoms with Gasteiger partial charge in [0.15, 0.2) is 5.78 Å². The molecule has 0 bridgehead atoms. The summed E-state index contributed by atoms with van der Waals surface area (Å²) < 4.78 is 14.9. The minimum absolute atomic E-state index is 0.0838. The van der Waals surface area contributed by atoms with Crippen molar-refractivity contribution in [1.82, 2.24) is 4.57 Å². The fraction of sp³-hybridized carbons (Fsp3) is 0.118. The molecule has 0 fully saturated rings. The van der Waals surface area contributed by atoms with Gasteiger partial charge in [-0.05, 0) is 42.8 Å². The van der Waals surface area contributed by atoms with Crippen molar-refractivity contribution >= 4 is 16.7 Å². The van der Waals surface area contributed by atoms with Crippen LogP contribution in [0.3, 0.4) is 0 Å². The molecule has 0 radical (unpaired) electrons. The third-order valence-electron chi connectivity index (χ3n) is 3.50. The van der Waals surface area contributed by atoms with Gasteiger partial charge in [-0.1, -0.05) is 12.1 Å². The van der Waals surface area contributed by atoms with E-state index in [1.165, 1.54) is 24.3 Å². The third kappa shape index (κ3) is 2.01. The number of benzene rings is 2. The van der Waals surface area contributed by atoms with Crippen LogP contribution in [0.2, 0.25) is 0 Å². The molecule has 0 spiro atoms. The Morgan fingerprint density at radius 2 is 1.80 bits per heavy atom. The lowest BCUT2D eigenvalue weighted by Gasteiger charge is -2.00. The zero-order valence-corrected chi connectivity index (χ0v) is 11.4. The van der Waals surface area contributed by atoms with E-state index >= 15 is 0 Å². The zero-order valence-electron chi connectivity index (χ0n) is 11.4. The molecule has 0 aliphatic rings. The summed E-state index contributed by atoms with van der Waals surface area (Å²) in [6.45, 7) is 2.02. The quantitative estimate of drug-likeness (QED) is 0.646. The number of ketones is 1. The summed E-state index contributed by atoms with van der Waals surface area (Å²) in [7, 11) is 1.92. The van der Waals surface area contributed by atoms with E-state index in [9.17, 15) is 9.18 Å². The molecular weight excluding hydrogens is 253 g/mol. The largest absolute Gasteiger partial charge is 0.350 e. The number of carbonyl (C=O) groups excluding carboxylic acids is 1. The highest BCUT2D eigenvalue weighted by molar-refractivity contribution is 6.16. The average Bonchev–Trinajstić information content (AvgIpc) is 2.76. The zero-order chi connectivity index (χ0) is 14.3. The summed E-state index contributed by atoms with van der Waals surface area (Å²) in [6, 6.07) is 11.7. The van der Waals surface area contributed by atoms with Gasteiger partial charge in [-0.2, -0.15) is 0 Å². The van der Waals surface area contributed by atoms with Crippen LogP contribution in [0.4, 0.5) is 4.39 Å². The predicted molar refractivity (Wildman–Crippen MR) is 77.5 cm³/mol. The molecule has 0 amide bonds. The molecule has 0 atom stereocenters. The van der Waals surface area contributed by atoms with Crippen molar-refractivity contribution in [1.29, 1.82) is 0 Å². The normalized spacial score (nSPS) is 10.9. The number of halogens is 1. The summed E-state index contributed by atoms with van der Waals surface area (Å²) in [5, 5.41) is 0.924. The van der Waals surface area contributed by atoms with Gasteiger partial charge in [0.2, 0.25) is 0 Å². The van der Waals surface area contributed by atoms with E-state index in [0.717, 1.165) is 16.5 Å². The minimum Gasteiger partial charge on any atom is -0.350 e. The van der Waals surface area contributed by atoms with Crippen LogP contribution in [0.15, 0.2) is 48.7 Å². The van der Waals surface area contributed by atoms with Crippen molar-refractivity contribution in [3.63, 3.8) is 0 Å². The first-order valence-corrected chi connectivity index (χ1v) is 6.42. The lowest BCUT2D eigenvalue weighted by atomic mass is 10.0. The molecule has 3 aromatic rings. The van der Waals surface area contributed by atoms with Crippen LogP contribution in [0, 0.1) is 12.7 Å². The van der Waals surface area contributed by atoms with E-state index in [0.29, 0.717) is 11.1 Å². The Kier molecular flexibility index (Phi) is 2.90. The molecule has 100 valence electrons. The van der Waals surface area contributed by atoms with E-state index in [4.69, 9.17) is 0 Å². The monoisotopic (exact) mass is 267 g/mol. The number of fused-ring (bicyclic) bond motifs is 1. The summed E-state index contributed by atoms with van der Waals surface area (Å²) in [4.78, 5) is 12.5. The molecule has 1 aromatic heterocycles. The van der Waals surface area contributed by atoms with Crippen LogP contribution in [-0.2, 0) is 7.05 Å². The second kappa shape index (κ2) is 4.60. The van der Waals surface area contributed by atoms with Crippen molar-refractivity contribution < 1.29 is 9.18 Å². The van der Waals surface area contributed by atoms with Gasteiger partial charge in [-0.15, -0.1) is 0 Å². The SMILES string of the molecule is Cc1ccc2c(C(=O)c3ccc(F)cc3)cn(C)c2c1. The van der Waals surface area contributed by atoms with Crippen LogP contribution in [0.5, 0.6) is 0 Å². The Hall–Kier alpha value is -2.42. The van der Waals surface area contributed by atoms with E-state index in [1.54, 1.807) is 0 Å². The van der Waals surface area contributed by atoms with E-state index in [2.05, 4.69) is 6.07 Å². The first-order valence-electron chi connectivity index (χ1n) is 6.42. The molecule has 0 unspecified atom stereocenters. The Balaban J connectivity index is 2.15. The molecule has 0 N–H and O–H groups in total. The molecule has 0 aliphatic carbocycles. The molecule has 0 aliphatic heterocycles. The Bertz CT molecular complexity index is 800. The van der Waals surface area contributed by atoms with E-state index in [-0.39, 0.29) is 11.6 Å². The van der Waals surface area contributed by atoms with Gasteiger partial charge < -0.3 is 4.57 Å². The number of hydrogen-bond acceptors (Lipinski definition) is 1. The third-order valence-corrected chi connectivity index (χ3v) is 3.50. The first kappa shape index (κ1) is 12.6. The smallest absolute Gasteiger partial charge is 0.195 e. The summed E-state index contributed by atoms with van der Waals surface area (Å²) in [5.41, 5.74) is 3.32. The number of aryl methyl sites for hydroxylation is 2. The molecule has 20 heavy (non-hydrogen) atoms.